The Morgan fingerprint density at radius 2 is 1.75 bits per heavy atom. The average Bonchev–Trinajstić information content (AvgIpc) is 3.36. The number of hydrogen-bond acceptors (Lipinski definition) is 5. The number of amides is 1. The van der Waals surface area contributed by atoms with E-state index in [4.69, 9.17) is 9.47 Å². The zero-order valence-corrected chi connectivity index (χ0v) is 20.6. The van der Waals surface area contributed by atoms with Gasteiger partial charge in [-0.3, -0.25) is 4.79 Å². The van der Waals surface area contributed by atoms with Gasteiger partial charge in [0.05, 0.1) is 5.92 Å². The van der Waals surface area contributed by atoms with E-state index in [9.17, 15) is 9.59 Å². The Labute approximate surface area is 193 Å². The molecule has 178 valence electrons. The molecular weight excluding hydrogens is 404 g/mol. The molecule has 0 aromatic heterocycles. The van der Waals surface area contributed by atoms with E-state index in [0.29, 0.717) is 19.5 Å². The lowest BCUT2D eigenvalue weighted by atomic mass is 9.86. The number of carbonyl (C=O) groups is 2. The van der Waals surface area contributed by atoms with E-state index in [2.05, 4.69) is 23.5 Å². The molecule has 1 N–H and O–H groups in total. The van der Waals surface area contributed by atoms with Crippen molar-refractivity contribution in [3.05, 3.63) is 29.8 Å². The SMILES string of the molecule is CC(C)(C)OC(=O)[C@@H](Cc1cccc(NCC2CC2)c1)[C@H]1CCN(C(=O)OC(C)(C)C)C1. The summed E-state index contributed by atoms with van der Waals surface area (Å²) >= 11 is 0. The molecule has 0 radical (unpaired) electrons. The maximum absolute atomic E-state index is 13.2. The molecule has 2 atom stereocenters. The van der Waals surface area contributed by atoms with Crippen molar-refractivity contribution in [3.8, 4) is 0 Å². The summed E-state index contributed by atoms with van der Waals surface area (Å²) in [6.07, 6.45) is 3.67. The van der Waals surface area contributed by atoms with E-state index in [-0.39, 0.29) is 23.9 Å². The van der Waals surface area contributed by atoms with Gasteiger partial charge in [-0.1, -0.05) is 12.1 Å². The molecule has 0 bridgehead atoms. The Hall–Kier alpha value is -2.24. The number of hydrogen-bond donors (Lipinski definition) is 1. The number of esters is 1. The number of rotatable bonds is 7. The second kappa shape index (κ2) is 9.72. The van der Waals surface area contributed by atoms with E-state index in [0.717, 1.165) is 30.1 Å². The molecule has 1 aromatic carbocycles. The molecule has 6 nitrogen and oxygen atoms in total. The fraction of sp³-hybridized carbons (Fsp3) is 0.692. The van der Waals surface area contributed by atoms with Crippen LogP contribution < -0.4 is 5.32 Å². The molecule has 0 unspecified atom stereocenters. The first-order valence-corrected chi connectivity index (χ1v) is 11.9. The minimum Gasteiger partial charge on any atom is -0.460 e. The second-order valence-corrected chi connectivity index (χ2v) is 11.3. The highest BCUT2D eigenvalue weighted by Gasteiger charge is 2.39. The first-order chi connectivity index (χ1) is 14.9. The molecule has 1 aliphatic carbocycles. The van der Waals surface area contributed by atoms with Gasteiger partial charge in [0.25, 0.3) is 0 Å². The molecule has 1 saturated heterocycles. The molecule has 1 saturated carbocycles. The van der Waals surface area contributed by atoms with Gasteiger partial charge in [0.1, 0.15) is 11.2 Å². The maximum atomic E-state index is 13.2. The molecule has 0 spiro atoms. The van der Waals surface area contributed by atoms with E-state index >= 15 is 0 Å². The molecule has 32 heavy (non-hydrogen) atoms. The topological polar surface area (TPSA) is 67.9 Å². The van der Waals surface area contributed by atoms with Crippen LogP contribution in [0.15, 0.2) is 24.3 Å². The monoisotopic (exact) mass is 444 g/mol. The predicted octanol–water partition coefficient (Wildman–Crippen LogP) is 5.27. The lowest BCUT2D eigenvalue weighted by Crippen LogP contribution is -2.38. The third-order valence-electron chi connectivity index (χ3n) is 5.83. The molecular formula is C26H40N2O4. The molecule has 1 heterocycles. The summed E-state index contributed by atoms with van der Waals surface area (Å²) in [5.74, 6) is 0.344. The van der Waals surface area contributed by atoms with Crippen LogP contribution in [0.4, 0.5) is 10.5 Å². The van der Waals surface area contributed by atoms with Crippen molar-refractivity contribution in [2.45, 2.75) is 78.4 Å². The van der Waals surface area contributed by atoms with Crippen molar-refractivity contribution in [2.75, 3.05) is 25.0 Å². The zero-order chi connectivity index (χ0) is 23.5. The summed E-state index contributed by atoms with van der Waals surface area (Å²) in [6, 6.07) is 8.33. The highest BCUT2D eigenvalue weighted by atomic mass is 16.6. The van der Waals surface area contributed by atoms with Crippen molar-refractivity contribution in [1.29, 1.82) is 0 Å². The lowest BCUT2D eigenvalue weighted by molar-refractivity contribution is -0.161. The van der Waals surface area contributed by atoms with Crippen LogP contribution in [0.1, 0.15) is 66.4 Å². The number of anilines is 1. The van der Waals surface area contributed by atoms with Crippen molar-refractivity contribution in [2.24, 2.45) is 17.8 Å². The quantitative estimate of drug-likeness (QED) is 0.581. The maximum Gasteiger partial charge on any atom is 0.410 e. The van der Waals surface area contributed by atoms with Crippen LogP contribution in [0.3, 0.4) is 0 Å². The van der Waals surface area contributed by atoms with Crippen LogP contribution in [0.5, 0.6) is 0 Å². The van der Waals surface area contributed by atoms with Gasteiger partial charge in [-0.25, -0.2) is 4.79 Å². The summed E-state index contributed by atoms with van der Waals surface area (Å²) in [7, 11) is 0. The average molecular weight is 445 g/mol. The van der Waals surface area contributed by atoms with E-state index in [1.54, 1.807) is 4.90 Å². The summed E-state index contributed by atoms with van der Waals surface area (Å²) in [5.41, 5.74) is 1.12. The van der Waals surface area contributed by atoms with Crippen molar-refractivity contribution < 1.29 is 19.1 Å². The third kappa shape index (κ3) is 7.72. The standard InChI is InChI=1S/C26H40N2O4/c1-25(2,3)31-23(29)22(20-12-13-28(17-20)24(30)32-26(4,5)6)15-19-8-7-9-21(14-19)27-16-18-10-11-18/h7-9,14,18,20,22,27H,10-13,15-17H2,1-6H3/t20-,22-/m0/s1. The van der Waals surface area contributed by atoms with Crippen LogP contribution in [-0.2, 0) is 20.7 Å². The number of likely N-dealkylation sites (tertiary alicyclic amines) is 1. The highest BCUT2D eigenvalue weighted by Crippen LogP contribution is 2.32. The van der Waals surface area contributed by atoms with E-state index in [1.807, 2.05) is 47.6 Å². The molecule has 2 aliphatic rings. The first kappa shape index (κ1) is 24.4. The Morgan fingerprint density at radius 1 is 1.06 bits per heavy atom. The predicted molar refractivity (Wildman–Crippen MR) is 127 cm³/mol. The van der Waals surface area contributed by atoms with Crippen molar-refractivity contribution in [1.82, 2.24) is 4.90 Å². The number of ether oxygens (including phenoxy) is 2. The van der Waals surface area contributed by atoms with Crippen LogP contribution in [0, 0.1) is 17.8 Å². The van der Waals surface area contributed by atoms with Gasteiger partial charge < -0.3 is 19.7 Å². The minimum absolute atomic E-state index is 0.0421. The number of nitrogens with one attached hydrogen (secondary N) is 1. The van der Waals surface area contributed by atoms with Crippen molar-refractivity contribution in [3.63, 3.8) is 0 Å². The van der Waals surface area contributed by atoms with Gasteiger partial charge in [0.15, 0.2) is 0 Å². The van der Waals surface area contributed by atoms with Gasteiger partial charge in [-0.2, -0.15) is 0 Å². The van der Waals surface area contributed by atoms with Gasteiger partial charge in [0, 0.05) is 25.3 Å². The summed E-state index contributed by atoms with van der Waals surface area (Å²) in [6.45, 7) is 13.4. The first-order valence-electron chi connectivity index (χ1n) is 11.9. The number of carbonyl (C=O) groups excluding carboxylic acids is 2. The summed E-state index contributed by atoms with van der Waals surface area (Å²) < 4.78 is 11.3. The molecule has 1 aliphatic heterocycles. The Bertz CT molecular complexity index is 805. The molecule has 1 aromatic rings. The van der Waals surface area contributed by atoms with Gasteiger partial charge in [-0.15, -0.1) is 0 Å². The zero-order valence-electron chi connectivity index (χ0n) is 20.6. The van der Waals surface area contributed by atoms with Crippen LogP contribution in [0.2, 0.25) is 0 Å². The minimum atomic E-state index is -0.549. The molecule has 2 fully saturated rings. The summed E-state index contributed by atoms with van der Waals surface area (Å²) in [4.78, 5) is 27.5. The number of nitrogens with zero attached hydrogens (tertiary/aromatic N) is 1. The van der Waals surface area contributed by atoms with E-state index < -0.39 is 11.2 Å². The molecule has 3 rings (SSSR count). The Balaban J connectivity index is 1.70. The largest absolute Gasteiger partial charge is 0.460 e. The van der Waals surface area contributed by atoms with Crippen LogP contribution in [-0.4, -0.2) is 47.8 Å². The van der Waals surface area contributed by atoms with Crippen molar-refractivity contribution >= 4 is 17.7 Å². The second-order valence-electron chi connectivity index (χ2n) is 11.3. The fourth-order valence-electron chi connectivity index (χ4n) is 4.07. The number of benzene rings is 1. The summed E-state index contributed by atoms with van der Waals surface area (Å²) in [5, 5.41) is 3.52. The lowest BCUT2D eigenvalue weighted by Gasteiger charge is -2.28. The van der Waals surface area contributed by atoms with Crippen LogP contribution in [0.25, 0.3) is 0 Å². The normalized spacial score (nSPS) is 20.1. The van der Waals surface area contributed by atoms with E-state index in [1.165, 1.54) is 12.8 Å². The van der Waals surface area contributed by atoms with Gasteiger partial charge in [-0.05, 0) is 96.8 Å². The smallest absolute Gasteiger partial charge is 0.410 e. The highest BCUT2D eigenvalue weighted by molar-refractivity contribution is 5.74. The third-order valence-corrected chi connectivity index (χ3v) is 5.83. The Morgan fingerprint density at radius 3 is 2.38 bits per heavy atom. The van der Waals surface area contributed by atoms with Gasteiger partial charge >= 0.3 is 12.1 Å². The Kier molecular flexibility index (Phi) is 7.41. The van der Waals surface area contributed by atoms with Crippen LogP contribution >= 0.6 is 0 Å². The van der Waals surface area contributed by atoms with Gasteiger partial charge in [0.2, 0.25) is 0 Å². The fourth-order valence-corrected chi connectivity index (χ4v) is 4.07. The molecule has 1 amide bonds. The molecule has 6 heteroatoms.